The van der Waals surface area contributed by atoms with E-state index in [0.717, 1.165) is 23.8 Å². The largest absolute Gasteiger partial charge is 0.313 e. The molecule has 5 aliphatic rings. The normalized spacial score (nSPS) is 47.7. The lowest BCUT2D eigenvalue weighted by molar-refractivity contribution is -0.128. The minimum Gasteiger partial charge on any atom is -0.313 e. The van der Waals surface area contributed by atoms with Gasteiger partial charge in [0.15, 0.2) is 0 Å². The van der Waals surface area contributed by atoms with E-state index < -0.39 is 0 Å². The number of hydrogen-bond donors (Lipinski definition) is 1. The van der Waals surface area contributed by atoms with Gasteiger partial charge in [0.25, 0.3) is 0 Å². The molecular weight excluding hydrogens is 254 g/mol. The molecule has 1 nitrogen and oxygen atoms in total. The predicted molar refractivity (Wildman–Crippen MR) is 89.3 cm³/mol. The molecule has 0 radical (unpaired) electrons. The summed E-state index contributed by atoms with van der Waals surface area (Å²) in [6.07, 6.45) is 16.8. The molecule has 5 rings (SSSR count). The van der Waals surface area contributed by atoms with Gasteiger partial charge in [0, 0.05) is 6.04 Å². The molecule has 0 saturated heterocycles. The Morgan fingerprint density at radius 1 is 1.00 bits per heavy atom. The van der Waals surface area contributed by atoms with Crippen molar-refractivity contribution in [1.29, 1.82) is 0 Å². The van der Waals surface area contributed by atoms with Crippen LogP contribution in [0.2, 0.25) is 0 Å². The van der Waals surface area contributed by atoms with Crippen LogP contribution in [0.15, 0.2) is 0 Å². The van der Waals surface area contributed by atoms with E-state index >= 15 is 0 Å². The summed E-state index contributed by atoms with van der Waals surface area (Å²) in [6, 6.07) is 0.841. The fraction of sp³-hybridized carbons (Fsp3) is 1.00. The summed E-state index contributed by atoms with van der Waals surface area (Å²) in [5, 5.41) is 4.03. The molecule has 120 valence electrons. The van der Waals surface area contributed by atoms with E-state index in [1.165, 1.54) is 38.6 Å². The van der Waals surface area contributed by atoms with E-state index in [1.807, 2.05) is 0 Å². The Morgan fingerprint density at radius 2 is 1.67 bits per heavy atom. The molecule has 0 heterocycles. The van der Waals surface area contributed by atoms with Crippen molar-refractivity contribution in [3.05, 3.63) is 0 Å². The summed E-state index contributed by atoms with van der Waals surface area (Å²) >= 11 is 0. The molecule has 3 atom stereocenters. The van der Waals surface area contributed by atoms with Crippen LogP contribution in [-0.2, 0) is 0 Å². The first-order valence-electron chi connectivity index (χ1n) is 9.86. The zero-order chi connectivity index (χ0) is 14.5. The van der Waals surface area contributed by atoms with Crippen LogP contribution in [0, 0.1) is 28.6 Å². The zero-order valence-corrected chi connectivity index (χ0v) is 14.3. The quantitative estimate of drug-likeness (QED) is 0.754. The van der Waals surface area contributed by atoms with E-state index in [9.17, 15) is 0 Å². The summed E-state index contributed by atoms with van der Waals surface area (Å²) in [5.74, 6) is 3.13. The van der Waals surface area contributed by atoms with Crippen LogP contribution in [0.5, 0.6) is 0 Å². The lowest BCUT2D eigenvalue weighted by Gasteiger charge is -2.64. The van der Waals surface area contributed by atoms with Crippen molar-refractivity contribution in [1.82, 2.24) is 5.32 Å². The highest BCUT2D eigenvalue weighted by molar-refractivity contribution is 5.11. The predicted octanol–water partition coefficient (Wildman–Crippen LogP) is 5.15. The van der Waals surface area contributed by atoms with Crippen LogP contribution in [0.4, 0.5) is 0 Å². The van der Waals surface area contributed by atoms with Gasteiger partial charge < -0.3 is 5.32 Å². The Labute approximate surface area is 131 Å². The molecule has 0 spiro atoms. The molecule has 1 N–H and O–H groups in total. The molecule has 0 aliphatic heterocycles. The molecule has 5 saturated carbocycles. The molecule has 0 amide bonds. The second-order valence-corrected chi connectivity index (χ2v) is 9.57. The number of hydrogen-bond acceptors (Lipinski definition) is 1. The summed E-state index contributed by atoms with van der Waals surface area (Å²) in [7, 11) is 0. The third kappa shape index (κ3) is 2.48. The van der Waals surface area contributed by atoms with E-state index in [0.29, 0.717) is 10.8 Å². The maximum Gasteiger partial charge on any atom is 0.0152 e. The highest BCUT2D eigenvalue weighted by Crippen LogP contribution is 2.67. The molecule has 5 aliphatic carbocycles. The van der Waals surface area contributed by atoms with E-state index in [2.05, 4.69) is 19.2 Å². The van der Waals surface area contributed by atoms with Gasteiger partial charge in [0.2, 0.25) is 0 Å². The highest BCUT2D eigenvalue weighted by Gasteiger charge is 2.59. The van der Waals surface area contributed by atoms with Crippen molar-refractivity contribution >= 4 is 0 Å². The summed E-state index contributed by atoms with van der Waals surface area (Å²) in [6.45, 7) is 6.14. The third-order valence-corrected chi connectivity index (χ3v) is 7.60. The maximum atomic E-state index is 4.03. The van der Waals surface area contributed by atoms with Crippen LogP contribution in [0.3, 0.4) is 0 Å². The van der Waals surface area contributed by atoms with Crippen LogP contribution < -0.4 is 5.32 Å². The van der Waals surface area contributed by atoms with Crippen LogP contribution >= 0.6 is 0 Å². The lowest BCUT2D eigenvalue weighted by atomic mass is 9.42. The van der Waals surface area contributed by atoms with Crippen LogP contribution in [0.25, 0.3) is 0 Å². The zero-order valence-electron chi connectivity index (χ0n) is 14.3. The van der Waals surface area contributed by atoms with Gasteiger partial charge >= 0.3 is 0 Å². The molecular formula is C20H35N. The molecule has 5 fully saturated rings. The van der Waals surface area contributed by atoms with Gasteiger partial charge in [-0.05, 0) is 86.5 Å². The molecule has 4 bridgehead atoms. The monoisotopic (exact) mass is 289 g/mol. The van der Waals surface area contributed by atoms with Crippen molar-refractivity contribution in [2.24, 2.45) is 28.6 Å². The minimum absolute atomic E-state index is 0.677. The third-order valence-electron chi connectivity index (χ3n) is 7.60. The Morgan fingerprint density at radius 3 is 2.24 bits per heavy atom. The summed E-state index contributed by atoms with van der Waals surface area (Å²) < 4.78 is 0. The van der Waals surface area contributed by atoms with E-state index in [1.54, 1.807) is 38.5 Å². The first-order chi connectivity index (χ1) is 10.1. The van der Waals surface area contributed by atoms with Gasteiger partial charge in [0.05, 0.1) is 0 Å². The Hall–Kier alpha value is -0.0400. The van der Waals surface area contributed by atoms with Gasteiger partial charge in [0.1, 0.15) is 0 Å². The van der Waals surface area contributed by atoms with Crippen LogP contribution in [0.1, 0.15) is 84.5 Å². The topological polar surface area (TPSA) is 12.0 Å². The molecule has 1 heteroatoms. The van der Waals surface area contributed by atoms with Gasteiger partial charge in [-0.1, -0.05) is 33.1 Å². The summed E-state index contributed by atoms with van der Waals surface area (Å²) in [4.78, 5) is 0. The molecule has 0 aromatic heterocycles. The molecule has 0 aromatic rings. The minimum atomic E-state index is 0.677. The SMILES string of the molecule is CCNC(C1CCCCC1)C12CC3CC(CC(C)(C3)C1)C2. The van der Waals surface area contributed by atoms with Crippen molar-refractivity contribution < 1.29 is 0 Å². The van der Waals surface area contributed by atoms with Gasteiger partial charge in [-0.3, -0.25) is 0 Å². The maximum absolute atomic E-state index is 4.03. The smallest absolute Gasteiger partial charge is 0.0152 e. The fourth-order valence-electron chi connectivity index (χ4n) is 7.73. The first kappa shape index (κ1) is 14.5. The van der Waals surface area contributed by atoms with Gasteiger partial charge in [-0.2, -0.15) is 0 Å². The first-order valence-corrected chi connectivity index (χ1v) is 9.86. The molecule has 0 aromatic carbocycles. The van der Waals surface area contributed by atoms with Crippen LogP contribution in [-0.4, -0.2) is 12.6 Å². The Bertz CT molecular complexity index is 367. The lowest BCUT2D eigenvalue weighted by Crippen LogP contribution is -2.60. The second-order valence-electron chi connectivity index (χ2n) is 9.57. The van der Waals surface area contributed by atoms with Gasteiger partial charge in [-0.25, -0.2) is 0 Å². The average Bonchev–Trinajstić information content (AvgIpc) is 2.43. The van der Waals surface area contributed by atoms with Crippen molar-refractivity contribution in [2.45, 2.75) is 90.5 Å². The standard InChI is InChI=1S/C20H35N/c1-3-21-18(17-7-5-4-6-8-17)20-12-15-9-16(13-20)11-19(2,10-15)14-20/h15-18,21H,3-14H2,1-2H3. The molecule has 3 unspecified atom stereocenters. The summed E-state index contributed by atoms with van der Waals surface area (Å²) in [5.41, 5.74) is 1.38. The second kappa shape index (κ2) is 5.25. The van der Waals surface area contributed by atoms with Crippen molar-refractivity contribution in [3.8, 4) is 0 Å². The fourth-order valence-corrected chi connectivity index (χ4v) is 7.73. The van der Waals surface area contributed by atoms with Gasteiger partial charge in [-0.15, -0.1) is 0 Å². The van der Waals surface area contributed by atoms with Crippen molar-refractivity contribution in [3.63, 3.8) is 0 Å². The highest BCUT2D eigenvalue weighted by atomic mass is 14.9. The number of nitrogens with one attached hydrogen (secondary N) is 1. The Balaban J connectivity index is 1.61. The molecule has 21 heavy (non-hydrogen) atoms. The number of rotatable bonds is 4. The van der Waals surface area contributed by atoms with Crippen molar-refractivity contribution in [2.75, 3.05) is 6.54 Å². The van der Waals surface area contributed by atoms with E-state index in [4.69, 9.17) is 0 Å². The average molecular weight is 290 g/mol. The Kier molecular flexibility index (Phi) is 3.64. The van der Waals surface area contributed by atoms with E-state index in [-0.39, 0.29) is 0 Å².